The SMILES string of the molecule is C=Cc1ccc(Oc2ccc(C3(c4cccc(F)c4)c4ccccc4-c4ccc(N(c5ccc6c(c5)C(c5ccc(Oc7ccc(C=C)cc7)cc5)(c5cccc(F)c5)c5ccccc5-6)c5ccc6c(c5)oc5ccccc56)cc43)cc2)cc1. The van der Waals surface area contributed by atoms with E-state index >= 15 is 8.78 Å². The van der Waals surface area contributed by atoms with E-state index in [0.717, 1.165) is 117 Å². The molecule has 0 spiro atoms. The van der Waals surface area contributed by atoms with Gasteiger partial charge in [0.05, 0.1) is 10.8 Å². The predicted molar refractivity (Wildman–Crippen MR) is 336 cm³/mol. The highest BCUT2D eigenvalue weighted by Gasteiger charge is 2.48. The largest absolute Gasteiger partial charge is 0.457 e. The number of rotatable bonds is 13. The van der Waals surface area contributed by atoms with Crippen LogP contribution >= 0.6 is 0 Å². The van der Waals surface area contributed by atoms with Crippen molar-refractivity contribution in [3.8, 4) is 45.3 Å². The normalized spacial score (nSPS) is 15.5. The maximum Gasteiger partial charge on any atom is 0.137 e. The number of hydrogen-bond acceptors (Lipinski definition) is 4. The molecule has 0 bridgehead atoms. The summed E-state index contributed by atoms with van der Waals surface area (Å²) < 4.78 is 51.6. The zero-order valence-electron chi connectivity index (χ0n) is 45.5. The third kappa shape index (κ3) is 8.01. The van der Waals surface area contributed by atoms with Gasteiger partial charge in [0, 0.05) is 33.9 Å². The Hall–Kier alpha value is -10.8. The van der Waals surface area contributed by atoms with Crippen molar-refractivity contribution in [2.75, 3.05) is 4.90 Å². The second-order valence-corrected chi connectivity index (χ2v) is 21.5. The van der Waals surface area contributed by atoms with Gasteiger partial charge in [0.2, 0.25) is 0 Å². The van der Waals surface area contributed by atoms with Crippen LogP contribution in [0.1, 0.15) is 55.6 Å². The van der Waals surface area contributed by atoms with Crippen LogP contribution in [-0.4, -0.2) is 0 Å². The summed E-state index contributed by atoms with van der Waals surface area (Å²) in [4.78, 5) is 2.29. The van der Waals surface area contributed by atoms with Crippen molar-refractivity contribution < 1.29 is 22.7 Å². The van der Waals surface area contributed by atoms with Crippen molar-refractivity contribution in [3.63, 3.8) is 0 Å². The Morgan fingerprint density at radius 2 is 0.738 bits per heavy atom. The standard InChI is InChI=1S/C78H51F2NO3/c1-3-50-23-34-61(35-24-50)82-63-38-27-52(28-39-63)77(54-13-11-15-56(79)45-54)71-20-8-5-17-65(71)67-42-31-58(47-73(67)77)81(60-33-44-70-69-19-7-10-22-75(69)84-76(70)49-60)59-32-43-68-66-18-6-9-21-72(66)78(74(68)48-59,55-14-12-16-57(80)46-55)53-29-40-64(41-30-53)83-62-36-25-51(4-2)26-37-62/h3-49H,1-2H2. The molecule has 2 unspecified atom stereocenters. The molecule has 0 aliphatic heterocycles. The molecule has 0 fully saturated rings. The van der Waals surface area contributed by atoms with E-state index in [0.29, 0.717) is 23.0 Å². The summed E-state index contributed by atoms with van der Waals surface area (Å²) in [5.74, 6) is 2.07. The van der Waals surface area contributed by atoms with Crippen molar-refractivity contribution in [3.05, 3.63) is 353 Å². The zero-order valence-corrected chi connectivity index (χ0v) is 45.5. The van der Waals surface area contributed by atoms with Crippen molar-refractivity contribution in [1.29, 1.82) is 0 Å². The van der Waals surface area contributed by atoms with Crippen molar-refractivity contribution >= 4 is 51.2 Å². The summed E-state index contributed by atoms with van der Waals surface area (Å²) in [7, 11) is 0. The lowest BCUT2D eigenvalue weighted by Gasteiger charge is -2.36. The molecule has 6 heteroatoms. The van der Waals surface area contributed by atoms with Gasteiger partial charge in [-0.2, -0.15) is 0 Å². The molecular weight excluding hydrogens is 1040 g/mol. The van der Waals surface area contributed by atoms with Crippen LogP contribution in [0.25, 0.3) is 56.3 Å². The number of para-hydroxylation sites is 1. The van der Waals surface area contributed by atoms with Gasteiger partial charge in [0.25, 0.3) is 0 Å². The first kappa shape index (κ1) is 50.2. The van der Waals surface area contributed by atoms with E-state index in [1.165, 1.54) is 12.1 Å². The Kier molecular flexibility index (Phi) is 12.0. The smallest absolute Gasteiger partial charge is 0.137 e. The van der Waals surface area contributed by atoms with Gasteiger partial charge in [-0.15, -0.1) is 0 Å². The minimum absolute atomic E-state index is 0.334. The van der Waals surface area contributed by atoms with Gasteiger partial charge < -0.3 is 18.8 Å². The molecule has 0 N–H and O–H groups in total. The van der Waals surface area contributed by atoms with E-state index in [1.54, 1.807) is 36.4 Å². The molecule has 1 aromatic heterocycles. The summed E-state index contributed by atoms with van der Waals surface area (Å²) in [5, 5.41) is 2.03. The van der Waals surface area contributed by atoms with Gasteiger partial charge in [-0.05, 0) is 193 Å². The topological polar surface area (TPSA) is 34.8 Å². The van der Waals surface area contributed by atoms with Crippen LogP contribution < -0.4 is 14.4 Å². The predicted octanol–water partition coefficient (Wildman–Crippen LogP) is 20.9. The lowest BCUT2D eigenvalue weighted by atomic mass is 9.67. The summed E-state index contributed by atoms with van der Waals surface area (Å²) >= 11 is 0. The van der Waals surface area contributed by atoms with Crippen molar-refractivity contribution in [1.82, 2.24) is 0 Å². The second-order valence-electron chi connectivity index (χ2n) is 21.5. The van der Waals surface area contributed by atoms with Crippen LogP contribution in [0.15, 0.2) is 291 Å². The van der Waals surface area contributed by atoms with Crippen molar-refractivity contribution in [2.24, 2.45) is 0 Å². The summed E-state index contributed by atoms with van der Waals surface area (Å²) in [6, 6.07) is 90.8. The number of nitrogens with zero attached hydrogens (tertiary/aromatic N) is 1. The molecule has 4 nitrogen and oxygen atoms in total. The number of anilines is 3. The number of benzene rings is 12. The lowest BCUT2D eigenvalue weighted by molar-refractivity contribution is 0.482. The van der Waals surface area contributed by atoms with Gasteiger partial charge in [0.1, 0.15) is 45.8 Å². The third-order valence-electron chi connectivity index (χ3n) is 17.0. The van der Waals surface area contributed by atoms with Gasteiger partial charge in [0.15, 0.2) is 0 Å². The van der Waals surface area contributed by atoms with E-state index in [2.05, 4.69) is 152 Å². The first-order valence-electron chi connectivity index (χ1n) is 28.0. The molecule has 2 aliphatic rings. The van der Waals surface area contributed by atoms with E-state index in [-0.39, 0.29) is 11.6 Å². The van der Waals surface area contributed by atoms with Crippen LogP contribution in [0.2, 0.25) is 0 Å². The molecule has 400 valence electrons. The van der Waals surface area contributed by atoms with Gasteiger partial charge >= 0.3 is 0 Å². The fourth-order valence-electron chi connectivity index (χ4n) is 13.3. The molecule has 0 saturated carbocycles. The first-order chi connectivity index (χ1) is 41.3. The average molecular weight is 1090 g/mol. The Morgan fingerprint density at radius 1 is 0.333 bits per heavy atom. The molecule has 2 atom stereocenters. The van der Waals surface area contributed by atoms with E-state index in [1.807, 2.05) is 103 Å². The van der Waals surface area contributed by atoms with Crippen LogP contribution in [0.3, 0.4) is 0 Å². The first-order valence-corrected chi connectivity index (χ1v) is 28.0. The second kappa shape index (κ2) is 20.0. The number of halogens is 2. The Morgan fingerprint density at radius 3 is 1.21 bits per heavy atom. The quantitative estimate of drug-likeness (QED) is 0.115. The van der Waals surface area contributed by atoms with Gasteiger partial charge in [-0.3, -0.25) is 0 Å². The highest BCUT2D eigenvalue weighted by Crippen LogP contribution is 2.60. The molecule has 13 aromatic rings. The Balaban J connectivity index is 0.949. The minimum Gasteiger partial charge on any atom is -0.457 e. The van der Waals surface area contributed by atoms with Gasteiger partial charge in [-0.1, -0.05) is 177 Å². The summed E-state index contributed by atoms with van der Waals surface area (Å²) in [5.41, 5.74) is 15.8. The fraction of sp³-hybridized carbons (Fsp3) is 0.0256. The monoisotopic (exact) mass is 1090 g/mol. The van der Waals surface area contributed by atoms with Crippen LogP contribution in [0.4, 0.5) is 25.8 Å². The van der Waals surface area contributed by atoms with E-state index in [4.69, 9.17) is 13.9 Å². The highest BCUT2D eigenvalue weighted by molar-refractivity contribution is 6.06. The lowest BCUT2D eigenvalue weighted by Crippen LogP contribution is -2.29. The maximum absolute atomic E-state index is 16.1. The van der Waals surface area contributed by atoms with E-state index < -0.39 is 10.8 Å². The summed E-state index contributed by atoms with van der Waals surface area (Å²) in [6.45, 7) is 7.80. The molecule has 15 rings (SSSR count). The molecule has 12 aromatic carbocycles. The Bertz CT molecular complexity index is 4490. The van der Waals surface area contributed by atoms with Gasteiger partial charge in [-0.25, -0.2) is 8.78 Å². The zero-order chi connectivity index (χ0) is 56.5. The molecule has 0 amide bonds. The summed E-state index contributed by atoms with van der Waals surface area (Å²) in [6.07, 6.45) is 3.61. The highest BCUT2D eigenvalue weighted by atomic mass is 19.1. The molecule has 2 aliphatic carbocycles. The maximum atomic E-state index is 16.1. The van der Waals surface area contributed by atoms with E-state index in [9.17, 15) is 0 Å². The number of furan rings is 1. The van der Waals surface area contributed by atoms with Crippen LogP contribution in [0, 0.1) is 11.6 Å². The molecular formula is C78H51F2NO3. The van der Waals surface area contributed by atoms with Crippen LogP contribution in [-0.2, 0) is 10.8 Å². The molecule has 0 saturated heterocycles. The number of fused-ring (bicyclic) bond motifs is 9. The van der Waals surface area contributed by atoms with Crippen LogP contribution in [0.5, 0.6) is 23.0 Å². The average Bonchev–Trinajstić information content (AvgIpc) is 3.46. The van der Waals surface area contributed by atoms with Crippen molar-refractivity contribution in [2.45, 2.75) is 10.8 Å². The Labute approximate surface area is 485 Å². The molecule has 84 heavy (non-hydrogen) atoms. The number of hydrogen-bond donors (Lipinski definition) is 0. The third-order valence-corrected chi connectivity index (χ3v) is 17.0. The number of ether oxygens (including phenoxy) is 2. The fourth-order valence-corrected chi connectivity index (χ4v) is 13.3. The minimum atomic E-state index is -0.987. The molecule has 1 heterocycles. The molecule has 0 radical (unpaired) electrons.